The maximum atomic E-state index is 11.3. The van der Waals surface area contributed by atoms with E-state index in [1.165, 1.54) is 6.08 Å². The number of ether oxygens (including phenoxy) is 3. The van der Waals surface area contributed by atoms with Gasteiger partial charge in [-0.2, -0.15) is 0 Å². The molecule has 0 radical (unpaired) electrons. The van der Waals surface area contributed by atoms with E-state index in [-0.39, 0.29) is 5.57 Å². The Hall–Kier alpha value is -2.02. The fourth-order valence-corrected chi connectivity index (χ4v) is 3.07. The van der Waals surface area contributed by atoms with Crippen molar-refractivity contribution in [3.8, 4) is 0 Å². The third-order valence-electron chi connectivity index (χ3n) is 4.54. The van der Waals surface area contributed by atoms with Crippen LogP contribution in [0.3, 0.4) is 0 Å². The van der Waals surface area contributed by atoms with Crippen LogP contribution < -0.4 is 0 Å². The zero-order chi connectivity index (χ0) is 20.3. The Balaban J connectivity index is 2.23. The zero-order valence-corrected chi connectivity index (χ0v) is 14.1. The van der Waals surface area contributed by atoms with Crippen molar-refractivity contribution in [1.29, 1.82) is 0 Å². The van der Waals surface area contributed by atoms with Gasteiger partial charge >= 0.3 is 11.9 Å². The third-order valence-corrected chi connectivity index (χ3v) is 4.54. The highest BCUT2D eigenvalue weighted by atomic mass is 16.8. The molecule has 0 bridgehead atoms. The smallest absolute Gasteiger partial charge is 0.335 e. The van der Waals surface area contributed by atoms with E-state index >= 15 is 0 Å². The van der Waals surface area contributed by atoms with Crippen LogP contribution in [0.2, 0.25) is 0 Å². The second-order valence-electron chi connectivity index (χ2n) is 6.23. The minimum Gasteiger partial charge on any atom is -0.481 e. The second kappa shape index (κ2) is 8.78. The van der Waals surface area contributed by atoms with Crippen LogP contribution in [0, 0.1) is 11.8 Å². The summed E-state index contributed by atoms with van der Waals surface area (Å²) in [6.45, 7) is 2.89. The Bertz CT molecular complexity index is 601. The van der Waals surface area contributed by atoms with E-state index in [9.17, 15) is 35.1 Å². The first-order valence-corrected chi connectivity index (χ1v) is 8.10. The quantitative estimate of drug-likeness (QED) is 0.265. The molecule has 0 saturated carbocycles. The Morgan fingerprint density at radius 3 is 2.33 bits per heavy atom. The summed E-state index contributed by atoms with van der Waals surface area (Å²) >= 11 is 0. The van der Waals surface area contributed by atoms with Crippen LogP contribution in [0.15, 0.2) is 24.5 Å². The summed E-state index contributed by atoms with van der Waals surface area (Å²) in [4.78, 5) is 22.5. The van der Waals surface area contributed by atoms with Crippen LogP contribution in [-0.2, 0) is 23.8 Å². The average molecular weight is 390 g/mol. The highest BCUT2D eigenvalue weighted by molar-refractivity contribution is 5.88. The van der Waals surface area contributed by atoms with Crippen molar-refractivity contribution >= 4 is 11.9 Å². The lowest BCUT2D eigenvalue weighted by atomic mass is 9.81. The topological polar surface area (TPSA) is 183 Å². The van der Waals surface area contributed by atoms with Gasteiger partial charge in [0.15, 0.2) is 6.29 Å². The summed E-state index contributed by atoms with van der Waals surface area (Å²) in [6, 6.07) is 0. The van der Waals surface area contributed by atoms with Gasteiger partial charge in [0.25, 0.3) is 0 Å². The SMILES string of the molecule is C=C[C@H]1[C@H](O[C@H]2O[C@@H](CO)[C@H](O)[C@@H](O)[C@@H]2O)OC=C(C(=O)O)[C@H]1CC(=O)O. The van der Waals surface area contributed by atoms with Gasteiger partial charge in [0.2, 0.25) is 6.29 Å². The molecule has 1 saturated heterocycles. The summed E-state index contributed by atoms with van der Waals surface area (Å²) in [5, 5.41) is 57.1. The maximum Gasteiger partial charge on any atom is 0.335 e. The van der Waals surface area contributed by atoms with Gasteiger partial charge in [-0.3, -0.25) is 4.79 Å². The molecule has 11 nitrogen and oxygen atoms in total. The highest BCUT2D eigenvalue weighted by Crippen LogP contribution is 2.36. The molecular formula is C16H22O11. The number of aliphatic carboxylic acids is 2. The number of carboxylic acid groups (broad SMARTS) is 2. The first-order valence-electron chi connectivity index (χ1n) is 8.10. The van der Waals surface area contributed by atoms with Gasteiger partial charge in [-0.05, 0) is 0 Å². The Morgan fingerprint density at radius 2 is 1.81 bits per heavy atom. The van der Waals surface area contributed by atoms with Crippen LogP contribution in [0.4, 0.5) is 0 Å². The molecule has 2 rings (SSSR count). The molecule has 0 aromatic rings. The predicted molar refractivity (Wildman–Crippen MR) is 84.9 cm³/mol. The molecule has 0 unspecified atom stereocenters. The first kappa shape index (κ1) is 21.3. The number of hydrogen-bond donors (Lipinski definition) is 6. The molecule has 11 heteroatoms. The molecule has 27 heavy (non-hydrogen) atoms. The molecule has 2 heterocycles. The van der Waals surface area contributed by atoms with Crippen molar-refractivity contribution in [3.05, 3.63) is 24.5 Å². The summed E-state index contributed by atoms with van der Waals surface area (Å²) in [5.41, 5.74) is -0.282. The molecule has 2 aliphatic heterocycles. The molecule has 2 aliphatic rings. The molecule has 0 amide bonds. The van der Waals surface area contributed by atoms with Crippen LogP contribution in [-0.4, -0.2) is 86.2 Å². The summed E-state index contributed by atoms with van der Waals surface area (Å²) in [5.74, 6) is -4.56. The summed E-state index contributed by atoms with van der Waals surface area (Å²) < 4.78 is 15.9. The van der Waals surface area contributed by atoms with Gasteiger partial charge in [-0.1, -0.05) is 6.08 Å². The van der Waals surface area contributed by atoms with Gasteiger partial charge in [0, 0.05) is 11.8 Å². The van der Waals surface area contributed by atoms with E-state index in [1.807, 2.05) is 0 Å². The fraction of sp³-hybridized carbons (Fsp3) is 0.625. The number of carboxylic acids is 2. The van der Waals surface area contributed by atoms with E-state index in [1.54, 1.807) is 0 Å². The monoisotopic (exact) mass is 390 g/mol. The van der Waals surface area contributed by atoms with Gasteiger partial charge in [0.1, 0.15) is 24.4 Å². The maximum absolute atomic E-state index is 11.3. The minimum atomic E-state index is -1.69. The summed E-state index contributed by atoms with van der Waals surface area (Å²) in [6.07, 6.45) is -7.39. The molecule has 0 aromatic carbocycles. The number of carbonyl (C=O) groups is 2. The van der Waals surface area contributed by atoms with E-state index in [2.05, 4.69) is 6.58 Å². The lowest BCUT2D eigenvalue weighted by Crippen LogP contribution is -2.60. The van der Waals surface area contributed by atoms with Crippen molar-refractivity contribution < 1.29 is 54.4 Å². The highest BCUT2D eigenvalue weighted by Gasteiger charge is 2.47. The molecule has 0 aromatic heterocycles. The fourth-order valence-electron chi connectivity index (χ4n) is 3.07. The van der Waals surface area contributed by atoms with Gasteiger partial charge < -0.3 is 44.8 Å². The largest absolute Gasteiger partial charge is 0.481 e. The van der Waals surface area contributed by atoms with Crippen LogP contribution >= 0.6 is 0 Å². The summed E-state index contributed by atoms with van der Waals surface area (Å²) in [7, 11) is 0. The number of rotatable bonds is 7. The first-order chi connectivity index (χ1) is 12.7. The zero-order valence-electron chi connectivity index (χ0n) is 14.1. The standard InChI is InChI=1S/C16H22O11/c1-2-6-7(3-10(18)19)8(14(23)24)5-25-15(6)27-16-13(22)12(21)11(20)9(4-17)26-16/h2,5-7,9,11-13,15-17,20-22H,1,3-4H2,(H,18,19)(H,23,24)/t6-,7+,9+,11+,12-,13+,15+,16-/m1/s1. The van der Waals surface area contributed by atoms with E-state index in [0.717, 1.165) is 6.26 Å². The van der Waals surface area contributed by atoms with Gasteiger partial charge in [-0.15, -0.1) is 6.58 Å². The molecule has 1 fully saturated rings. The molecule has 6 N–H and O–H groups in total. The van der Waals surface area contributed by atoms with Crippen LogP contribution in [0.1, 0.15) is 6.42 Å². The van der Waals surface area contributed by atoms with Crippen molar-refractivity contribution in [2.75, 3.05) is 6.61 Å². The molecular weight excluding hydrogens is 368 g/mol. The molecule has 152 valence electrons. The van der Waals surface area contributed by atoms with Crippen molar-refractivity contribution in [1.82, 2.24) is 0 Å². The van der Waals surface area contributed by atoms with Crippen LogP contribution in [0.25, 0.3) is 0 Å². The van der Waals surface area contributed by atoms with Crippen molar-refractivity contribution in [2.45, 2.75) is 43.4 Å². The Morgan fingerprint density at radius 1 is 1.15 bits per heavy atom. The van der Waals surface area contributed by atoms with Crippen molar-refractivity contribution in [3.63, 3.8) is 0 Å². The normalized spacial score (nSPS) is 39.2. The van der Waals surface area contributed by atoms with E-state index in [0.29, 0.717) is 0 Å². The Kier molecular flexibility index (Phi) is 6.92. The molecule has 0 spiro atoms. The molecule has 0 aliphatic carbocycles. The number of hydrogen-bond acceptors (Lipinski definition) is 9. The lowest BCUT2D eigenvalue weighted by molar-refractivity contribution is -0.339. The number of aliphatic hydroxyl groups is 4. The predicted octanol–water partition coefficient (Wildman–Crippen LogP) is -1.98. The minimum absolute atomic E-state index is 0.282. The third kappa shape index (κ3) is 4.46. The lowest BCUT2D eigenvalue weighted by Gasteiger charge is -2.42. The average Bonchev–Trinajstić information content (AvgIpc) is 2.61. The van der Waals surface area contributed by atoms with E-state index in [4.69, 9.17) is 19.3 Å². The molecule has 8 atom stereocenters. The van der Waals surface area contributed by atoms with Gasteiger partial charge in [-0.25, -0.2) is 4.79 Å². The van der Waals surface area contributed by atoms with Crippen LogP contribution in [0.5, 0.6) is 0 Å². The van der Waals surface area contributed by atoms with E-state index < -0.39 is 73.8 Å². The Labute approximate surface area is 153 Å². The van der Waals surface area contributed by atoms with Crippen molar-refractivity contribution in [2.24, 2.45) is 11.8 Å². The second-order valence-corrected chi connectivity index (χ2v) is 6.23. The number of aliphatic hydroxyl groups excluding tert-OH is 4. The van der Waals surface area contributed by atoms with Gasteiger partial charge in [0.05, 0.1) is 24.9 Å².